The van der Waals surface area contributed by atoms with Gasteiger partial charge in [-0.1, -0.05) is 40.2 Å². The molecule has 1 saturated heterocycles. The van der Waals surface area contributed by atoms with E-state index in [1.165, 1.54) is 0 Å². The van der Waals surface area contributed by atoms with Gasteiger partial charge in [-0.2, -0.15) is 4.98 Å². The van der Waals surface area contributed by atoms with Gasteiger partial charge in [-0.15, -0.1) is 0 Å². The number of benzene rings is 2. The number of oxazole rings is 1. The molecule has 1 unspecified atom stereocenters. The van der Waals surface area contributed by atoms with Gasteiger partial charge in [-0.25, -0.2) is 0 Å². The van der Waals surface area contributed by atoms with Gasteiger partial charge in [-0.3, -0.25) is 9.59 Å². The summed E-state index contributed by atoms with van der Waals surface area (Å²) in [6.45, 7) is 2.93. The molecule has 8 heteroatoms. The number of carbonyl (C=O) groups is 2. The quantitative estimate of drug-likeness (QED) is 0.525. The largest absolute Gasteiger partial charge is 0.455 e. The highest BCUT2D eigenvalue weighted by Gasteiger charge is 2.28. The van der Waals surface area contributed by atoms with E-state index < -0.39 is 0 Å². The highest BCUT2D eigenvalue weighted by atomic mass is 79.9. The zero-order valence-corrected chi connectivity index (χ0v) is 18.8. The first-order valence-corrected chi connectivity index (χ1v) is 11.1. The first-order chi connectivity index (χ1) is 15.0. The van der Waals surface area contributed by atoms with Crippen LogP contribution in [0.4, 0.5) is 6.01 Å². The van der Waals surface area contributed by atoms with Crippen molar-refractivity contribution in [2.24, 2.45) is 5.92 Å². The lowest BCUT2D eigenvalue weighted by molar-refractivity contribution is -0.153. The predicted octanol–water partition coefficient (Wildman–Crippen LogP) is 4.23. The van der Waals surface area contributed by atoms with Gasteiger partial charge >= 0.3 is 5.97 Å². The fourth-order valence-electron chi connectivity index (χ4n) is 3.67. The molecule has 3 aromatic rings. The van der Waals surface area contributed by atoms with Gasteiger partial charge in [0, 0.05) is 17.6 Å². The number of nitrogens with one attached hydrogen (secondary N) is 1. The van der Waals surface area contributed by atoms with E-state index >= 15 is 0 Å². The third-order valence-corrected chi connectivity index (χ3v) is 6.00. The van der Waals surface area contributed by atoms with Gasteiger partial charge in [-0.05, 0) is 49.6 Å². The van der Waals surface area contributed by atoms with Crippen LogP contribution in [0.3, 0.4) is 0 Å². The molecule has 1 atom stereocenters. The molecule has 0 spiro atoms. The van der Waals surface area contributed by atoms with E-state index in [1.54, 1.807) is 0 Å². The second-order valence-corrected chi connectivity index (χ2v) is 8.59. The number of para-hydroxylation sites is 2. The molecule has 0 saturated carbocycles. The van der Waals surface area contributed by atoms with Gasteiger partial charge in [0.25, 0.3) is 11.9 Å². The Kier molecular flexibility index (Phi) is 6.56. The number of halogens is 1. The van der Waals surface area contributed by atoms with Crippen molar-refractivity contribution in [2.45, 2.75) is 25.8 Å². The summed E-state index contributed by atoms with van der Waals surface area (Å²) in [6, 6.07) is 15.8. The molecule has 31 heavy (non-hydrogen) atoms. The molecule has 1 aliphatic rings. The molecule has 162 valence electrons. The second-order valence-electron chi connectivity index (χ2n) is 7.67. The third-order valence-electron chi connectivity index (χ3n) is 5.47. The van der Waals surface area contributed by atoms with Crippen LogP contribution in [0.5, 0.6) is 0 Å². The lowest BCUT2D eigenvalue weighted by atomic mass is 9.97. The van der Waals surface area contributed by atoms with Crippen LogP contribution >= 0.6 is 15.9 Å². The number of nitrogens with zero attached hydrogens (tertiary/aromatic N) is 2. The Morgan fingerprint density at radius 3 is 2.61 bits per heavy atom. The third kappa shape index (κ3) is 5.25. The van der Waals surface area contributed by atoms with Gasteiger partial charge in [0.2, 0.25) is 0 Å². The van der Waals surface area contributed by atoms with Crippen LogP contribution in [0.25, 0.3) is 11.1 Å². The van der Waals surface area contributed by atoms with E-state index in [-0.39, 0.29) is 30.4 Å². The number of hydrogen-bond acceptors (Lipinski definition) is 6. The lowest BCUT2D eigenvalue weighted by Crippen LogP contribution is -2.38. The number of aromatic nitrogens is 1. The maximum absolute atomic E-state index is 12.4. The van der Waals surface area contributed by atoms with Gasteiger partial charge in [0.1, 0.15) is 5.52 Å². The summed E-state index contributed by atoms with van der Waals surface area (Å²) in [5, 5.41) is 2.85. The maximum atomic E-state index is 12.4. The minimum absolute atomic E-state index is 0.168. The van der Waals surface area contributed by atoms with Crippen LogP contribution in [0.1, 0.15) is 31.4 Å². The Morgan fingerprint density at radius 2 is 1.90 bits per heavy atom. The van der Waals surface area contributed by atoms with E-state index in [0.29, 0.717) is 31.9 Å². The first-order valence-electron chi connectivity index (χ1n) is 10.3. The molecule has 0 bridgehead atoms. The summed E-state index contributed by atoms with van der Waals surface area (Å²) < 4.78 is 12.1. The molecule has 2 aromatic carbocycles. The summed E-state index contributed by atoms with van der Waals surface area (Å²) >= 11 is 3.39. The van der Waals surface area contributed by atoms with E-state index in [9.17, 15) is 9.59 Å². The fraction of sp³-hybridized carbons (Fsp3) is 0.348. The number of hydrogen-bond donors (Lipinski definition) is 1. The number of carbonyl (C=O) groups excluding carboxylic acids is 2. The zero-order chi connectivity index (χ0) is 21.8. The van der Waals surface area contributed by atoms with Crippen molar-refractivity contribution < 1.29 is 18.7 Å². The number of esters is 1. The number of amides is 1. The number of anilines is 1. The summed E-state index contributed by atoms with van der Waals surface area (Å²) in [4.78, 5) is 31.1. The van der Waals surface area contributed by atoms with Gasteiger partial charge in [0.05, 0.1) is 12.0 Å². The van der Waals surface area contributed by atoms with Gasteiger partial charge in [0.15, 0.2) is 12.2 Å². The molecule has 1 aliphatic heterocycles. The van der Waals surface area contributed by atoms with Crippen molar-refractivity contribution in [3.63, 3.8) is 0 Å². The van der Waals surface area contributed by atoms with Crippen molar-refractivity contribution in [3.05, 3.63) is 58.6 Å². The number of fused-ring (bicyclic) bond motifs is 1. The van der Waals surface area contributed by atoms with Crippen molar-refractivity contribution in [1.82, 2.24) is 10.3 Å². The van der Waals surface area contributed by atoms with Crippen LogP contribution < -0.4 is 10.2 Å². The molecule has 0 aliphatic carbocycles. The minimum atomic E-state index is -0.330. The Bertz CT molecular complexity index is 1030. The molecule has 1 fully saturated rings. The van der Waals surface area contributed by atoms with Crippen LogP contribution in [0.15, 0.2) is 57.4 Å². The number of ether oxygens (including phenoxy) is 1. The molecule has 2 heterocycles. The van der Waals surface area contributed by atoms with E-state index in [4.69, 9.17) is 9.15 Å². The Morgan fingerprint density at radius 1 is 1.19 bits per heavy atom. The summed E-state index contributed by atoms with van der Waals surface area (Å²) in [5.41, 5.74) is 2.55. The summed E-state index contributed by atoms with van der Waals surface area (Å²) in [6.07, 6.45) is 1.27. The lowest BCUT2D eigenvalue weighted by Gasteiger charge is -2.29. The standard InChI is InChI=1S/C23H24BrN3O4/c1-15(16-6-8-18(24)9-7-16)25-21(28)14-30-22(29)17-10-12-27(13-11-17)23-26-19-4-2-3-5-20(19)31-23/h2-9,15,17H,10-14H2,1H3,(H,25,28). The Hall–Kier alpha value is -2.87. The van der Waals surface area contributed by atoms with Crippen LogP contribution in [0.2, 0.25) is 0 Å². The van der Waals surface area contributed by atoms with E-state index in [2.05, 4.69) is 26.2 Å². The van der Waals surface area contributed by atoms with E-state index in [1.807, 2.05) is 60.4 Å². The molecular formula is C23H24BrN3O4. The SMILES string of the molecule is CC(NC(=O)COC(=O)C1CCN(c2nc3ccccc3o2)CC1)c1ccc(Br)cc1. The molecule has 1 N–H and O–H groups in total. The average Bonchev–Trinajstić information content (AvgIpc) is 3.22. The zero-order valence-electron chi connectivity index (χ0n) is 17.2. The van der Waals surface area contributed by atoms with Crippen molar-refractivity contribution in [1.29, 1.82) is 0 Å². The normalized spacial score (nSPS) is 15.6. The van der Waals surface area contributed by atoms with Crippen molar-refractivity contribution in [2.75, 3.05) is 24.6 Å². The minimum Gasteiger partial charge on any atom is -0.455 e. The maximum Gasteiger partial charge on any atom is 0.309 e. The molecular weight excluding hydrogens is 462 g/mol. The molecule has 1 amide bonds. The Labute approximate surface area is 188 Å². The Balaban J connectivity index is 1.22. The molecule has 7 nitrogen and oxygen atoms in total. The van der Waals surface area contributed by atoms with E-state index in [0.717, 1.165) is 21.1 Å². The smallest absolute Gasteiger partial charge is 0.309 e. The highest BCUT2D eigenvalue weighted by Crippen LogP contribution is 2.26. The van der Waals surface area contributed by atoms with Crippen LogP contribution in [-0.4, -0.2) is 36.6 Å². The van der Waals surface area contributed by atoms with Crippen LogP contribution in [-0.2, 0) is 14.3 Å². The molecule has 4 rings (SSSR count). The van der Waals surface area contributed by atoms with Crippen LogP contribution in [0, 0.1) is 5.92 Å². The van der Waals surface area contributed by atoms with Gasteiger partial charge < -0.3 is 19.4 Å². The number of piperidine rings is 1. The topological polar surface area (TPSA) is 84.7 Å². The monoisotopic (exact) mass is 485 g/mol. The second kappa shape index (κ2) is 9.51. The number of rotatable bonds is 6. The van der Waals surface area contributed by atoms with Crippen molar-refractivity contribution >= 4 is 44.9 Å². The van der Waals surface area contributed by atoms with Crippen molar-refractivity contribution in [3.8, 4) is 0 Å². The summed E-state index contributed by atoms with van der Waals surface area (Å²) in [7, 11) is 0. The molecule has 1 aromatic heterocycles. The predicted molar refractivity (Wildman–Crippen MR) is 121 cm³/mol. The first kappa shape index (κ1) is 21.4. The average molecular weight is 486 g/mol. The molecule has 0 radical (unpaired) electrons. The highest BCUT2D eigenvalue weighted by molar-refractivity contribution is 9.10. The fourth-order valence-corrected chi connectivity index (χ4v) is 3.94. The summed E-state index contributed by atoms with van der Waals surface area (Å²) in [5.74, 6) is -0.867.